The first-order valence-electron chi connectivity index (χ1n) is 5.84. The fourth-order valence-corrected chi connectivity index (χ4v) is 1.70. The monoisotopic (exact) mass is 230 g/mol. The summed E-state index contributed by atoms with van der Waals surface area (Å²) >= 11 is 0. The van der Waals surface area contributed by atoms with Crippen LogP contribution in [0.2, 0.25) is 0 Å². The third-order valence-electron chi connectivity index (χ3n) is 2.57. The van der Waals surface area contributed by atoms with Crippen LogP contribution < -0.4 is 5.32 Å². The van der Waals surface area contributed by atoms with Gasteiger partial charge in [0, 0.05) is 31.2 Å². The summed E-state index contributed by atoms with van der Waals surface area (Å²) in [5.41, 5.74) is 2.37. The summed E-state index contributed by atoms with van der Waals surface area (Å²) in [7, 11) is 0. The fourth-order valence-electron chi connectivity index (χ4n) is 1.70. The maximum absolute atomic E-state index is 4.48. The first kappa shape index (κ1) is 11.8. The number of pyridine rings is 1. The third-order valence-corrected chi connectivity index (χ3v) is 2.57. The lowest BCUT2D eigenvalue weighted by Crippen LogP contribution is -2.22. The molecule has 0 atom stereocenters. The average molecular weight is 230 g/mol. The van der Waals surface area contributed by atoms with Crippen LogP contribution in [0.25, 0.3) is 5.82 Å². The Morgan fingerprint density at radius 3 is 2.82 bits per heavy atom. The largest absolute Gasteiger partial charge is 0.310 e. The molecule has 0 aliphatic heterocycles. The molecule has 2 aromatic heterocycles. The molecule has 2 heterocycles. The molecule has 0 radical (unpaired) electrons. The standard InChI is InChI=1S/C13H18N4/c1-10(2)15-7-12-6-11(3)13(16-8-12)17-5-4-14-9-17/h4-6,8-10,15H,7H2,1-3H3. The van der Waals surface area contributed by atoms with Crippen molar-refractivity contribution in [3.8, 4) is 5.82 Å². The zero-order valence-electron chi connectivity index (χ0n) is 10.5. The highest BCUT2D eigenvalue weighted by Crippen LogP contribution is 2.12. The Bertz CT molecular complexity index is 474. The normalized spacial score (nSPS) is 11.1. The van der Waals surface area contributed by atoms with Crippen molar-refractivity contribution in [3.63, 3.8) is 0 Å². The molecule has 0 unspecified atom stereocenters. The summed E-state index contributed by atoms with van der Waals surface area (Å²) in [6.45, 7) is 7.21. The van der Waals surface area contributed by atoms with Gasteiger partial charge in [0.1, 0.15) is 12.1 Å². The van der Waals surface area contributed by atoms with Crippen LogP contribution in [0.15, 0.2) is 31.0 Å². The van der Waals surface area contributed by atoms with Crippen LogP contribution in [0.4, 0.5) is 0 Å². The van der Waals surface area contributed by atoms with Gasteiger partial charge in [-0.2, -0.15) is 0 Å². The Kier molecular flexibility index (Phi) is 3.54. The highest BCUT2D eigenvalue weighted by atomic mass is 15.1. The minimum atomic E-state index is 0.489. The number of aryl methyl sites for hydroxylation is 1. The zero-order chi connectivity index (χ0) is 12.3. The van der Waals surface area contributed by atoms with Crippen molar-refractivity contribution in [2.45, 2.75) is 33.4 Å². The summed E-state index contributed by atoms with van der Waals surface area (Å²) < 4.78 is 1.93. The van der Waals surface area contributed by atoms with Gasteiger partial charge in [-0.1, -0.05) is 13.8 Å². The van der Waals surface area contributed by atoms with Crippen LogP contribution in [0.5, 0.6) is 0 Å². The van der Waals surface area contributed by atoms with E-state index in [9.17, 15) is 0 Å². The minimum Gasteiger partial charge on any atom is -0.310 e. The van der Waals surface area contributed by atoms with Gasteiger partial charge in [0.15, 0.2) is 0 Å². The van der Waals surface area contributed by atoms with Gasteiger partial charge in [-0.15, -0.1) is 0 Å². The summed E-state index contributed by atoms with van der Waals surface area (Å²) in [4.78, 5) is 8.51. The maximum Gasteiger partial charge on any atom is 0.140 e. The van der Waals surface area contributed by atoms with Gasteiger partial charge in [-0.05, 0) is 24.1 Å². The van der Waals surface area contributed by atoms with Crippen molar-refractivity contribution in [1.82, 2.24) is 19.9 Å². The summed E-state index contributed by atoms with van der Waals surface area (Å²) in [5, 5.41) is 3.38. The van der Waals surface area contributed by atoms with Gasteiger partial charge in [0.05, 0.1) is 0 Å². The molecule has 0 aromatic carbocycles. The number of nitrogens with one attached hydrogen (secondary N) is 1. The molecule has 0 amide bonds. The number of rotatable bonds is 4. The highest BCUT2D eigenvalue weighted by molar-refractivity contribution is 5.35. The van der Waals surface area contributed by atoms with E-state index in [2.05, 4.69) is 42.1 Å². The predicted molar refractivity (Wildman–Crippen MR) is 68.1 cm³/mol. The highest BCUT2D eigenvalue weighted by Gasteiger charge is 2.04. The molecular weight excluding hydrogens is 212 g/mol. The van der Waals surface area contributed by atoms with Crippen molar-refractivity contribution >= 4 is 0 Å². The van der Waals surface area contributed by atoms with Crippen molar-refractivity contribution < 1.29 is 0 Å². The second-order valence-electron chi connectivity index (χ2n) is 4.49. The predicted octanol–water partition coefficient (Wildman–Crippen LogP) is 2.07. The average Bonchev–Trinajstić information content (AvgIpc) is 2.79. The number of nitrogens with zero attached hydrogens (tertiary/aromatic N) is 3. The fraction of sp³-hybridized carbons (Fsp3) is 0.385. The van der Waals surface area contributed by atoms with Crippen molar-refractivity contribution in [2.24, 2.45) is 0 Å². The molecule has 90 valence electrons. The Labute approximate surface area is 102 Å². The van der Waals surface area contributed by atoms with E-state index in [0.717, 1.165) is 17.9 Å². The molecule has 0 fully saturated rings. The lowest BCUT2D eigenvalue weighted by molar-refractivity contribution is 0.587. The van der Waals surface area contributed by atoms with Crippen LogP contribution in [0.3, 0.4) is 0 Å². The Hall–Kier alpha value is -1.68. The molecule has 0 aliphatic rings. The summed E-state index contributed by atoms with van der Waals surface area (Å²) in [5.74, 6) is 0.941. The third kappa shape index (κ3) is 2.91. The molecule has 0 saturated heterocycles. The molecular formula is C13H18N4. The molecule has 0 aliphatic carbocycles. The van der Waals surface area contributed by atoms with Crippen molar-refractivity contribution in [1.29, 1.82) is 0 Å². The van der Waals surface area contributed by atoms with Gasteiger partial charge in [0.2, 0.25) is 0 Å². The van der Waals surface area contributed by atoms with Crippen LogP contribution in [0.1, 0.15) is 25.0 Å². The van der Waals surface area contributed by atoms with Gasteiger partial charge < -0.3 is 5.32 Å². The Balaban J connectivity index is 2.17. The Morgan fingerprint density at radius 1 is 1.41 bits per heavy atom. The van der Waals surface area contributed by atoms with Crippen LogP contribution in [0, 0.1) is 6.92 Å². The molecule has 0 spiro atoms. The number of hydrogen-bond donors (Lipinski definition) is 1. The van der Waals surface area contributed by atoms with Gasteiger partial charge in [-0.3, -0.25) is 4.57 Å². The first-order chi connectivity index (χ1) is 8.16. The molecule has 2 aromatic rings. The number of aromatic nitrogens is 3. The van der Waals surface area contributed by atoms with Crippen LogP contribution >= 0.6 is 0 Å². The molecule has 17 heavy (non-hydrogen) atoms. The van der Waals surface area contributed by atoms with E-state index in [0.29, 0.717) is 6.04 Å². The van der Waals surface area contributed by atoms with E-state index < -0.39 is 0 Å². The SMILES string of the molecule is Cc1cc(CNC(C)C)cnc1-n1ccnc1. The second-order valence-corrected chi connectivity index (χ2v) is 4.49. The van der Waals surface area contributed by atoms with E-state index in [1.807, 2.05) is 17.0 Å². The van der Waals surface area contributed by atoms with E-state index in [4.69, 9.17) is 0 Å². The summed E-state index contributed by atoms with van der Waals surface area (Å²) in [6, 6.07) is 2.65. The lowest BCUT2D eigenvalue weighted by atomic mass is 10.2. The minimum absolute atomic E-state index is 0.489. The number of imidazole rings is 1. The van der Waals surface area contributed by atoms with E-state index in [1.165, 1.54) is 5.56 Å². The zero-order valence-corrected chi connectivity index (χ0v) is 10.5. The van der Waals surface area contributed by atoms with Gasteiger partial charge in [-0.25, -0.2) is 9.97 Å². The lowest BCUT2D eigenvalue weighted by Gasteiger charge is -2.10. The molecule has 4 heteroatoms. The van der Waals surface area contributed by atoms with Crippen LogP contribution in [-0.4, -0.2) is 20.6 Å². The number of hydrogen-bond acceptors (Lipinski definition) is 3. The quantitative estimate of drug-likeness (QED) is 0.874. The van der Waals surface area contributed by atoms with E-state index in [1.54, 1.807) is 12.5 Å². The van der Waals surface area contributed by atoms with Gasteiger partial charge >= 0.3 is 0 Å². The van der Waals surface area contributed by atoms with E-state index >= 15 is 0 Å². The first-order valence-corrected chi connectivity index (χ1v) is 5.84. The smallest absolute Gasteiger partial charge is 0.140 e. The van der Waals surface area contributed by atoms with Crippen LogP contribution in [-0.2, 0) is 6.54 Å². The Morgan fingerprint density at radius 2 is 2.24 bits per heavy atom. The molecule has 0 saturated carbocycles. The van der Waals surface area contributed by atoms with Crippen molar-refractivity contribution in [2.75, 3.05) is 0 Å². The maximum atomic E-state index is 4.48. The van der Waals surface area contributed by atoms with Crippen molar-refractivity contribution in [3.05, 3.63) is 42.1 Å². The molecule has 1 N–H and O–H groups in total. The van der Waals surface area contributed by atoms with E-state index in [-0.39, 0.29) is 0 Å². The topological polar surface area (TPSA) is 42.7 Å². The second kappa shape index (κ2) is 5.10. The molecule has 0 bridgehead atoms. The summed E-state index contributed by atoms with van der Waals surface area (Å²) in [6.07, 6.45) is 7.34. The molecule has 2 rings (SSSR count). The van der Waals surface area contributed by atoms with Gasteiger partial charge in [0.25, 0.3) is 0 Å². The molecule has 4 nitrogen and oxygen atoms in total.